The number of piperidine rings is 1. The van der Waals surface area contributed by atoms with Crippen molar-refractivity contribution in [1.29, 1.82) is 0 Å². The molecule has 3 nitrogen and oxygen atoms in total. The number of nitrogens with one attached hydrogen (secondary N) is 1. The largest absolute Gasteiger partial charge is 0.508 e. The summed E-state index contributed by atoms with van der Waals surface area (Å²) in [6.45, 7) is 10.0. The van der Waals surface area contributed by atoms with Crippen LogP contribution in [-0.4, -0.2) is 35.7 Å². The highest BCUT2D eigenvalue weighted by atomic mass is 16.3. The Balaban J connectivity index is 2.03. The van der Waals surface area contributed by atoms with Crippen LogP contribution in [0.4, 0.5) is 0 Å². The van der Waals surface area contributed by atoms with Crippen LogP contribution in [0, 0.1) is 5.92 Å². The van der Waals surface area contributed by atoms with E-state index in [9.17, 15) is 5.11 Å². The molecule has 1 heterocycles. The summed E-state index contributed by atoms with van der Waals surface area (Å²) in [5.41, 5.74) is 1.08. The molecule has 118 valence electrons. The molecule has 0 spiro atoms. The zero-order valence-electron chi connectivity index (χ0n) is 13.7. The molecule has 1 aliphatic rings. The molecule has 2 rings (SSSR count). The topological polar surface area (TPSA) is 35.5 Å². The van der Waals surface area contributed by atoms with Gasteiger partial charge in [-0.2, -0.15) is 0 Å². The number of phenols is 1. The number of aromatic hydroxyl groups is 1. The molecule has 1 saturated heterocycles. The van der Waals surface area contributed by atoms with Crippen LogP contribution < -0.4 is 5.32 Å². The lowest BCUT2D eigenvalue weighted by atomic mass is 9.93. The van der Waals surface area contributed by atoms with Crippen molar-refractivity contribution in [1.82, 2.24) is 10.2 Å². The third kappa shape index (κ3) is 4.45. The summed E-state index contributed by atoms with van der Waals surface area (Å²) in [6, 6.07) is 8.70. The Bertz CT molecular complexity index is 433. The van der Waals surface area contributed by atoms with Crippen molar-refractivity contribution in [2.45, 2.75) is 52.1 Å². The minimum Gasteiger partial charge on any atom is -0.508 e. The molecule has 0 amide bonds. The van der Waals surface area contributed by atoms with E-state index in [-0.39, 0.29) is 0 Å². The highest BCUT2D eigenvalue weighted by Crippen LogP contribution is 2.33. The first-order chi connectivity index (χ1) is 10.1. The number of likely N-dealkylation sites (tertiary alicyclic amines) is 1. The SMILES string of the molecule is CCC(c1ccccc1O)N1CCCC(CNC(C)C)C1. The van der Waals surface area contributed by atoms with E-state index in [0.29, 0.717) is 17.8 Å². The molecule has 0 radical (unpaired) electrons. The second-order valence-electron chi connectivity index (χ2n) is 6.55. The van der Waals surface area contributed by atoms with E-state index in [4.69, 9.17) is 0 Å². The van der Waals surface area contributed by atoms with E-state index in [2.05, 4.69) is 37.1 Å². The molecule has 2 unspecified atom stereocenters. The zero-order chi connectivity index (χ0) is 15.2. The van der Waals surface area contributed by atoms with Gasteiger partial charge in [0.05, 0.1) is 0 Å². The van der Waals surface area contributed by atoms with Gasteiger partial charge in [0.25, 0.3) is 0 Å². The molecule has 1 fully saturated rings. The maximum Gasteiger partial charge on any atom is 0.120 e. The second kappa shape index (κ2) is 7.81. The van der Waals surface area contributed by atoms with Crippen LogP contribution in [-0.2, 0) is 0 Å². The molecule has 2 N–H and O–H groups in total. The van der Waals surface area contributed by atoms with Gasteiger partial charge < -0.3 is 10.4 Å². The summed E-state index contributed by atoms with van der Waals surface area (Å²) in [4.78, 5) is 2.56. The molecule has 3 heteroatoms. The average Bonchev–Trinajstić information content (AvgIpc) is 2.48. The monoisotopic (exact) mass is 290 g/mol. The molecule has 0 aromatic heterocycles. The van der Waals surface area contributed by atoms with Gasteiger partial charge in [0.15, 0.2) is 0 Å². The van der Waals surface area contributed by atoms with Crippen LogP contribution in [0.1, 0.15) is 51.6 Å². The number of nitrogens with zero attached hydrogens (tertiary/aromatic N) is 1. The van der Waals surface area contributed by atoms with Gasteiger partial charge in [-0.15, -0.1) is 0 Å². The second-order valence-corrected chi connectivity index (χ2v) is 6.55. The maximum absolute atomic E-state index is 10.1. The first-order valence-corrected chi connectivity index (χ1v) is 8.37. The van der Waals surface area contributed by atoms with Crippen LogP contribution in [0.2, 0.25) is 0 Å². The lowest BCUT2D eigenvalue weighted by molar-refractivity contribution is 0.116. The van der Waals surface area contributed by atoms with Crippen LogP contribution >= 0.6 is 0 Å². The number of para-hydroxylation sites is 1. The molecule has 1 aromatic carbocycles. The van der Waals surface area contributed by atoms with Crippen LogP contribution in [0.5, 0.6) is 5.75 Å². The summed E-state index contributed by atoms with van der Waals surface area (Å²) in [5, 5.41) is 13.7. The van der Waals surface area contributed by atoms with Crippen LogP contribution in [0.25, 0.3) is 0 Å². The molecule has 1 aromatic rings. The number of phenolic OH excluding ortho intramolecular Hbond substituents is 1. The molecular weight excluding hydrogens is 260 g/mol. The number of hydrogen-bond donors (Lipinski definition) is 2. The summed E-state index contributed by atoms with van der Waals surface area (Å²) < 4.78 is 0. The van der Waals surface area contributed by atoms with E-state index in [1.165, 1.54) is 12.8 Å². The van der Waals surface area contributed by atoms with Crippen molar-refractivity contribution in [3.8, 4) is 5.75 Å². The fourth-order valence-corrected chi connectivity index (χ4v) is 3.39. The molecule has 0 bridgehead atoms. The van der Waals surface area contributed by atoms with Gasteiger partial charge >= 0.3 is 0 Å². The van der Waals surface area contributed by atoms with Gasteiger partial charge in [-0.25, -0.2) is 0 Å². The minimum absolute atomic E-state index is 0.341. The van der Waals surface area contributed by atoms with Crippen molar-refractivity contribution in [2.24, 2.45) is 5.92 Å². The van der Waals surface area contributed by atoms with E-state index < -0.39 is 0 Å². The summed E-state index contributed by atoms with van der Waals surface area (Å²) in [5.74, 6) is 1.16. The zero-order valence-corrected chi connectivity index (χ0v) is 13.7. The molecule has 1 aliphatic heterocycles. The van der Waals surface area contributed by atoms with E-state index in [0.717, 1.165) is 37.5 Å². The number of rotatable bonds is 6. The lowest BCUT2D eigenvalue weighted by Crippen LogP contribution is -2.42. The maximum atomic E-state index is 10.1. The Morgan fingerprint density at radius 2 is 2.10 bits per heavy atom. The molecule has 0 aliphatic carbocycles. The first-order valence-electron chi connectivity index (χ1n) is 8.37. The fraction of sp³-hybridized carbons (Fsp3) is 0.667. The van der Waals surface area contributed by atoms with Crippen molar-refractivity contribution < 1.29 is 5.11 Å². The van der Waals surface area contributed by atoms with Gasteiger partial charge in [-0.3, -0.25) is 4.90 Å². The van der Waals surface area contributed by atoms with Crippen molar-refractivity contribution in [3.63, 3.8) is 0 Å². The third-order valence-corrected chi connectivity index (χ3v) is 4.49. The van der Waals surface area contributed by atoms with Crippen LogP contribution in [0.3, 0.4) is 0 Å². The number of hydrogen-bond acceptors (Lipinski definition) is 3. The van der Waals surface area contributed by atoms with Gasteiger partial charge in [-0.05, 0) is 44.3 Å². The average molecular weight is 290 g/mol. The Labute approximate surface area is 129 Å². The molecule has 2 atom stereocenters. The smallest absolute Gasteiger partial charge is 0.120 e. The Kier molecular flexibility index (Phi) is 6.07. The predicted octanol–water partition coefficient (Wildman–Crippen LogP) is 3.55. The van der Waals surface area contributed by atoms with E-state index in [1.807, 2.05) is 12.1 Å². The summed E-state index contributed by atoms with van der Waals surface area (Å²) >= 11 is 0. The normalized spacial score (nSPS) is 21.6. The van der Waals surface area contributed by atoms with Crippen molar-refractivity contribution in [2.75, 3.05) is 19.6 Å². The van der Waals surface area contributed by atoms with Gasteiger partial charge in [0.1, 0.15) is 5.75 Å². The van der Waals surface area contributed by atoms with Crippen molar-refractivity contribution >= 4 is 0 Å². The van der Waals surface area contributed by atoms with Gasteiger partial charge in [0, 0.05) is 24.2 Å². The quantitative estimate of drug-likeness (QED) is 0.841. The van der Waals surface area contributed by atoms with Gasteiger partial charge in [-0.1, -0.05) is 39.0 Å². The Hall–Kier alpha value is -1.06. The highest BCUT2D eigenvalue weighted by molar-refractivity contribution is 5.34. The standard InChI is InChI=1S/C18H30N2O/c1-4-17(16-9-5-6-10-18(16)21)20-11-7-8-15(13-20)12-19-14(2)3/h5-6,9-10,14-15,17,19,21H,4,7-8,11-13H2,1-3H3. The lowest BCUT2D eigenvalue weighted by Gasteiger charge is -2.38. The fourth-order valence-electron chi connectivity index (χ4n) is 3.39. The van der Waals surface area contributed by atoms with E-state index in [1.54, 1.807) is 6.07 Å². The minimum atomic E-state index is 0.341. The molecule has 21 heavy (non-hydrogen) atoms. The molecular formula is C18H30N2O. The van der Waals surface area contributed by atoms with E-state index >= 15 is 0 Å². The Morgan fingerprint density at radius 1 is 1.33 bits per heavy atom. The third-order valence-electron chi connectivity index (χ3n) is 4.49. The van der Waals surface area contributed by atoms with Gasteiger partial charge in [0.2, 0.25) is 0 Å². The highest BCUT2D eigenvalue weighted by Gasteiger charge is 2.27. The van der Waals surface area contributed by atoms with Crippen LogP contribution in [0.15, 0.2) is 24.3 Å². The predicted molar refractivity (Wildman–Crippen MR) is 88.6 cm³/mol. The number of benzene rings is 1. The molecule has 0 saturated carbocycles. The Morgan fingerprint density at radius 3 is 2.76 bits per heavy atom. The summed E-state index contributed by atoms with van der Waals surface area (Å²) in [7, 11) is 0. The first kappa shape index (κ1) is 16.3. The van der Waals surface area contributed by atoms with Crippen molar-refractivity contribution in [3.05, 3.63) is 29.8 Å². The summed E-state index contributed by atoms with van der Waals surface area (Å²) in [6.07, 6.45) is 3.61.